The highest BCUT2D eigenvalue weighted by molar-refractivity contribution is 5.85. The van der Waals surface area contributed by atoms with E-state index in [9.17, 15) is 4.79 Å². The molecule has 0 amide bonds. The van der Waals surface area contributed by atoms with Crippen molar-refractivity contribution in [2.45, 2.75) is 46.1 Å². The summed E-state index contributed by atoms with van der Waals surface area (Å²) in [6.45, 7) is 8.16. The molecule has 0 spiro atoms. The molecule has 5 nitrogen and oxygen atoms in total. The van der Waals surface area contributed by atoms with E-state index >= 15 is 0 Å². The van der Waals surface area contributed by atoms with Crippen molar-refractivity contribution in [3.05, 3.63) is 17.6 Å². The standard InChI is InChI=1S/C13H21N3O2/c1-6-7-13(3,4)16-10-8-9(2)14-11(15-10)12(17)18-5/h8H,6-7H2,1-5H3,(H,14,15,16). The van der Waals surface area contributed by atoms with Crippen molar-refractivity contribution < 1.29 is 9.53 Å². The van der Waals surface area contributed by atoms with E-state index in [1.54, 1.807) is 0 Å². The fraction of sp³-hybridized carbons (Fsp3) is 0.615. The highest BCUT2D eigenvalue weighted by Gasteiger charge is 2.18. The van der Waals surface area contributed by atoms with Gasteiger partial charge in [-0.05, 0) is 27.2 Å². The van der Waals surface area contributed by atoms with Crippen molar-refractivity contribution in [3.8, 4) is 0 Å². The number of hydrogen-bond donors (Lipinski definition) is 1. The van der Waals surface area contributed by atoms with Crippen LogP contribution < -0.4 is 5.32 Å². The summed E-state index contributed by atoms with van der Waals surface area (Å²) in [6, 6.07) is 1.82. The zero-order valence-electron chi connectivity index (χ0n) is 11.7. The number of carbonyl (C=O) groups excluding carboxylic acids is 1. The molecule has 1 aromatic heterocycles. The molecule has 0 radical (unpaired) electrons. The Balaban J connectivity index is 2.96. The molecule has 18 heavy (non-hydrogen) atoms. The van der Waals surface area contributed by atoms with Gasteiger partial charge < -0.3 is 10.1 Å². The van der Waals surface area contributed by atoms with Gasteiger partial charge in [-0.15, -0.1) is 0 Å². The molecule has 0 saturated heterocycles. The molecule has 0 unspecified atom stereocenters. The number of aromatic nitrogens is 2. The largest absolute Gasteiger partial charge is 0.463 e. The van der Waals surface area contributed by atoms with Gasteiger partial charge in [0.05, 0.1) is 7.11 Å². The summed E-state index contributed by atoms with van der Waals surface area (Å²) >= 11 is 0. The van der Waals surface area contributed by atoms with Crippen LogP contribution in [0, 0.1) is 6.92 Å². The lowest BCUT2D eigenvalue weighted by molar-refractivity contribution is 0.0586. The van der Waals surface area contributed by atoms with Gasteiger partial charge in [-0.2, -0.15) is 0 Å². The first-order valence-electron chi connectivity index (χ1n) is 6.10. The van der Waals surface area contributed by atoms with Crippen molar-refractivity contribution in [2.75, 3.05) is 12.4 Å². The smallest absolute Gasteiger partial charge is 0.376 e. The molecule has 1 rings (SSSR count). The maximum Gasteiger partial charge on any atom is 0.376 e. The van der Waals surface area contributed by atoms with E-state index in [0.717, 1.165) is 18.5 Å². The second-order valence-corrected chi connectivity index (χ2v) is 4.97. The van der Waals surface area contributed by atoms with Crippen molar-refractivity contribution >= 4 is 11.8 Å². The maximum absolute atomic E-state index is 11.4. The Labute approximate surface area is 108 Å². The van der Waals surface area contributed by atoms with Crippen molar-refractivity contribution in [1.29, 1.82) is 0 Å². The van der Waals surface area contributed by atoms with Crippen LogP contribution >= 0.6 is 0 Å². The second-order valence-electron chi connectivity index (χ2n) is 4.97. The first-order valence-corrected chi connectivity index (χ1v) is 6.10. The topological polar surface area (TPSA) is 64.1 Å². The lowest BCUT2D eigenvalue weighted by atomic mass is 9.99. The minimum atomic E-state index is -0.518. The second kappa shape index (κ2) is 5.80. The molecule has 1 heterocycles. The summed E-state index contributed by atoms with van der Waals surface area (Å²) in [6.07, 6.45) is 2.09. The number of nitrogens with zero attached hydrogens (tertiary/aromatic N) is 2. The predicted octanol–water partition coefficient (Wildman–Crippen LogP) is 2.56. The van der Waals surface area contributed by atoms with Crippen molar-refractivity contribution in [3.63, 3.8) is 0 Å². The quantitative estimate of drug-likeness (QED) is 0.815. The molecule has 1 N–H and O–H groups in total. The van der Waals surface area contributed by atoms with Gasteiger partial charge in [0.2, 0.25) is 5.82 Å². The van der Waals surface area contributed by atoms with Crippen LogP contribution in [0.15, 0.2) is 6.07 Å². The van der Waals surface area contributed by atoms with E-state index in [0.29, 0.717) is 5.82 Å². The first-order chi connectivity index (χ1) is 8.38. The Kier molecular flexibility index (Phi) is 4.64. The van der Waals surface area contributed by atoms with Gasteiger partial charge in [-0.25, -0.2) is 14.8 Å². The number of nitrogens with one attached hydrogen (secondary N) is 1. The molecule has 0 aliphatic rings. The minimum Gasteiger partial charge on any atom is -0.463 e. The van der Waals surface area contributed by atoms with Crippen LogP contribution in [0.4, 0.5) is 5.82 Å². The number of ether oxygens (including phenoxy) is 1. The number of esters is 1. The van der Waals surface area contributed by atoms with Crippen LogP contribution in [0.1, 0.15) is 49.9 Å². The fourth-order valence-corrected chi connectivity index (χ4v) is 1.85. The molecule has 100 valence electrons. The zero-order chi connectivity index (χ0) is 13.8. The van der Waals surface area contributed by atoms with Gasteiger partial charge >= 0.3 is 5.97 Å². The lowest BCUT2D eigenvalue weighted by Gasteiger charge is -2.26. The Hall–Kier alpha value is -1.65. The van der Waals surface area contributed by atoms with E-state index < -0.39 is 5.97 Å². The van der Waals surface area contributed by atoms with Crippen LogP contribution in [0.3, 0.4) is 0 Å². The van der Waals surface area contributed by atoms with Gasteiger partial charge in [0.15, 0.2) is 0 Å². The molecule has 0 aliphatic heterocycles. The molecule has 0 saturated carbocycles. The average molecular weight is 251 g/mol. The summed E-state index contributed by atoms with van der Waals surface area (Å²) in [5.41, 5.74) is 0.670. The third-order valence-electron chi connectivity index (χ3n) is 2.56. The Morgan fingerprint density at radius 3 is 2.67 bits per heavy atom. The van der Waals surface area contributed by atoms with Gasteiger partial charge in [-0.3, -0.25) is 0 Å². The highest BCUT2D eigenvalue weighted by atomic mass is 16.5. The normalized spacial score (nSPS) is 11.2. The Morgan fingerprint density at radius 2 is 2.11 bits per heavy atom. The monoisotopic (exact) mass is 251 g/mol. The van der Waals surface area contributed by atoms with Crippen LogP contribution in [0.5, 0.6) is 0 Å². The SMILES string of the molecule is CCCC(C)(C)Nc1cc(C)nc(C(=O)OC)n1. The lowest BCUT2D eigenvalue weighted by Crippen LogP contribution is -2.31. The minimum absolute atomic E-state index is 0.0665. The fourth-order valence-electron chi connectivity index (χ4n) is 1.85. The Bertz CT molecular complexity index is 430. The molecule has 5 heteroatoms. The van der Waals surface area contributed by atoms with Crippen LogP contribution in [-0.4, -0.2) is 28.6 Å². The van der Waals surface area contributed by atoms with E-state index in [2.05, 4.69) is 40.8 Å². The van der Waals surface area contributed by atoms with Gasteiger partial charge in [-0.1, -0.05) is 13.3 Å². The predicted molar refractivity (Wildman–Crippen MR) is 70.7 cm³/mol. The van der Waals surface area contributed by atoms with E-state index in [1.807, 2.05) is 13.0 Å². The molecule has 0 aliphatic carbocycles. The van der Waals surface area contributed by atoms with Gasteiger partial charge in [0, 0.05) is 17.3 Å². The summed E-state index contributed by atoms with van der Waals surface area (Å²) in [7, 11) is 1.32. The maximum atomic E-state index is 11.4. The summed E-state index contributed by atoms with van der Waals surface area (Å²) in [5.74, 6) is 0.226. The van der Waals surface area contributed by atoms with E-state index in [-0.39, 0.29) is 11.4 Å². The molecule has 0 bridgehead atoms. The van der Waals surface area contributed by atoms with E-state index in [1.165, 1.54) is 7.11 Å². The number of methoxy groups -OCH3 is 1. The van der Waals surface area contributed by atoms with Crippen LogP contribution in [0.2, 0.25) is 0 Å². The number of rotatable bonds is 5. The summed E-state index contributed by atoms with van der Waals surface area (Å²) in [5, 5.41) is 3.32. The van der Waals surface area contributed by atoms with Crippen molar-refractivity contribution in [2.24, 2.45) is 0 Å². The number of hydrogen-bond acceptors (Lipinski definition) is 5. The number of anilines is 1. The summed E-state index contributed by atoms with van der Waals surface area (Å²) < 4.78 is 4.63. The number of aryl methyl sites for hydroxylation is 1. The zero-order valence-corrected chi connectivity index (χ0v) is 11.7. The van der Waals surface area contributed by atoms with Gasteiger partial charge in [0.25, 0.3) is 0 Å². The molecule has 1 aromatic rings. The van der Waals surface area contributed by atoms with Crippen LogP contribution in [-0.2, 0) is 4.74 Å². The third kappa shape index (κ3) is 3.98. The van der Waals surface area contributed by atoms with E-state index in [4.69, 9.17) is 0 Å². The molecular formula is C13H21N3O2. The third-order valence-corrected chi connectivity index (χ3v) is 2.56. The molecule has 0 atom stereocenters. The van der Waals surface area contributed by atoms with Crippen LogP contribution in [0.25, 0.3) is 0 Å². The Morgan fingerprint density at radius 1 is 1.44 bits per heavy atom. The van der Waals surface area contributed by atoms with Gasteiger partial charge in [0.1, 0.15) is 5.82 Å². The highest BCUT2D eigenvalue weighted by Crippen LogP contribution is 2.18. The molecule has 0 aromatic carbocycles. The molecule has 0 fully saturated rings. The van der Waals surface area contributed by atoms with Crippen molar-refractivity contribution in [1.82, 2.24) is 9.97 Å². The molecular weight excluding hydrogens is 230 g/mol. The summed E-state index contributed by atoms with van der Waals surface area (Å²) in [4.78, 5) is 19.7. The first kappa shape index (κ1) is 14.4. The average Bonchev–Trinajstić information content (AvgIpc) is 2.26. The number of carbonyl (C=O) groups is 1.